The molecule has 0 bridgehead atoms. The third kappa shape index (κ3) is 5.02. The van der Waals surface area contributed by atoms with Gasteiger partial charge in [0.2, 0.25) is 10.0 Å². The van der Waals surface area contributed by atoms with Crippen molar-refractivity contribution in [3.05, 3.63) is 102 Å². The van der Waals surface area contributed by atoms with Crippen LogP contribution >= 0.6 is 0 Å². The second-order valence-electron chi connectivity index (χ2n) is 7.20. The number of aromatic amines is 1. The molecule has 0 saturated heterocycles. The molecule has 0 fully saturated rings. The highest BCUT2D eigenvalue weighted by atomic mass is 32.2. The first kappa shape index (κ1) is 20.8. The monoisotopic (exact) mass is 433 g/mol. The number of carbonyl (C=O) groups excluding carboxylic acids is 1. The summed E-state index contributed by atoms with van der Waals surface area (Å²) in [4.78, 5) is 15.6. The number of sulfonamides is 1. The van der Waals surface area contributed by atoms with Gasteiger partial charge in [-0.3, -0.25) is 4.79 Å². The van der Waals surface area contributed by atoms with Gasteiger partial charge in [-0.2, -0.15) is 0 Å². The summed E-state index contributed by atoms with van der Waals surface area (Å²) in [6.45, 7) is 0.693. The number of H-pyrrole nitrogens is 1. The molecule has 4 rings (SSSR count). The molecule has 0 aliphatic carbocycles. The zero-order chi connectivity index (χ0) is 21.7. The standard InChI is InChI=1S/C24H23N3O3S/c28-24(26-16-18-6-2-1-3-7-18)19-10-12-21(13-11-19)31(29,30)27-15-14-20-17-25-23-9-5-4-8-22(20)23/h1-13,17,25,27H,14-16H2,(H,26,28). The highest BCUT2D eigenvalue weighted by Crippen LogP contribution is 2.18. The maximum Gasteiger partial charge on any atom is 0.251 e. The normalized spacial score (nSPS) is 11.5. The molecule has 0 unspecified atom stereocenters. The van der Waals surface area contributed by atoms with Gasteiger partial charge in [-0.15, -0.1) is 0 Å². The van der Waals surface area contributed by atoms with Crippen LogP contribution in [0.3, 0.4) is 0 Å². The number of rotatable bonds is 8. The highest BCUT2D eigenvalue weighted by Gasteiger charge is 2.15. The Hall–Kier alpha value is -3.42. The van der Waals surface area contributed by atoms with E-state index in [9.17, 15) is 13.2 Å². The first-order chi connectivity index (χ1) is 15.0. The minimum atomic E-state index is -3.66. The molecule has 0 spiro atoms. The van der Waals surface area contributed by atoms with E-state index in [2.05, 4.69) is 15.0 Å². The number of para-hydroxylation sites is 1. The van der Waals surface area contributed by atoms with Crippen molar-refractivity contribution in [2.24, 2.45) is 0 Å². The minimum Gasteiger partial charge on any atom is -0.361 e. The Labute approximate surface area is 181 Å². The van der Waals surface area contributed by atoms with Gasteiger partial charge in [0.25, 0.3) is 5.91 Å². The van der Waals surface area contributed by atoms with Gasteiger partial charge >= 0.3 is 0 Å². The molecule has 4 aromatic rings. The Morgan fingerprint density at radius 1 is 0.871 bits per heavy atom. The van der Waals surface area contributed by atoms with E-state index in [-0.39, 0.29) is 17.3 Å². The van der Waals surface area contributed by atoms with E-state index in [1.54, 1.807) is 0 Å². The molecular formula is C24H23N3O3S. The lowest BCUT2D eigenvalue weighted by molar-refractivity contribution is 0.0951. The number of carbonyl (C=O) groups is 1. The van der Waals surface area contributed by atoms with Crippen LogP contribution in [-0.4, -0.2) is 25.9 Å². The fraction of sp³-hybridized carbons (Fsp3) is 0.125. The molecule has 1 amide bonds. The van der Waals surface area contributed by atoms with E-state index in [0.717, 1.165) is 22.0 Å². The van der Waals surface area contributed by atoms with Gasteiger partial charge in [-0.05, 0) is 47.9 Å². The largest absolute Gasteiger partial charge is 0.361 e. The van der Waals surface area contributed by atoms with Crippen molar-refractivity contribution < 1.29 is 13.2 Å². The minimum absolute atomic E-state index is 0.131. The number of nitrogens with one attached hydrogen (secondary N) is 3. The average molecular weight is 434 g/mol. The molecule has 31 heavy (non-hydrogen) atoms. The average Bonchev–Trinajstić information content (AvgIpc) is 3.21. The Morgan fingerprint density at radius 2 is 1.58 bits per heavy atom. The van der Waals surface area contributed by atoms with Crippen molar-refractivity contribution in [1.29, 1.82) is 0 Å². The van der Waals surface area contributed by atoms with E-state index in [4.69, 9.17) is 0 Å². The molecule has 1 aromatic heterocycles. The van der Waals surface area contributed by atoms with Gasteiger partial charge < -0.3 is 10.3 Å². The lowest BCUT2D eigenvalue weighted by atomic mass is 10.1. The van der Waals surface area contributed by atoms with Gasteiger partial charge in [0.05, 0.1) is 4.90 Å². The lowest BCUT2D eigenvalue weighted by Gasteiger charge is -2.08. The Balaban J connectivity index is 1.34. The summed E-state index contributed by atoms with van der Waals surface area (Å²) < 4.78 is 27.8. The van der Waals surface area contributed by atoms with Crippen LogP contribution in [0, 0.1) is 0 Å². The van der Waals surface area contributed by atoms with E-state index < -0.39 is 10.0 Å². The van der Waals surface area contributed by atoms with Crippen LogP contribution in [0.2, 0.25) is 0 Å². The number of benzene rings is 3. The Morgan fingerprint density at radius 3 is 2.35 bits per heavy atom. The van der Waals surface area contributed by atoms with Gasteiger partial charge in [0.15, 0.2) is 0 Å². The van der Waals surface area contributed by atoms with Crippen LogP contribution in [0.25, 0.3) is 10.9 Å². The van der Waals surface area contributed by atoms with Crippen molar-refractivity contribution in [3.8, 4) is 0 Å². The van der Waals surface area contributed by atoms with Crippen molar-refractivity contribution >= 4 is 26.8 Å². The third-order valence-corrected chi connectivity index (χ3v) is 6.56. The first-order valence-corrected chi connectivity index (χ1v) is 11.5. The molecule has 158 valence electrons. The smallest absolute Gasteiger partial charge is 0.251 e. The summed E-state index contributed by atoms with van der Waals surface area (Å²) in [5, 5.41) is 3.92. The fourth-order valence-electron chi connectivity index (χ4n) is 3.41. The third-order valence-electron chi connectivity index (χ3n) is 5.08. The van der Waals surface area contributed by atoms with Crippen molar-refractivity contribution in [3.63, 3.8) is 0 Å². The van der Waals surface area contributed by atoms with Gasteiger partial charge in [-0.25, -0.2) is 13.1 Å². The van der Waals surface area contributed by atoms with Crippen LogP contribution in [0.1, 0.15) is 21.5 Å². The predicted molar refractivity (Wildman–Crippen MR) is 121 cm³/mol. The highest BCUT2D eigenvalue weighted by molar-refractivity contribution is 7.89. The molecule has 0 aliphatic heterocycles. The van der Waals surface area contributed by atoms with Crippen molar-refractivity contribution in [2.75, 3.05) is 6.54 Å². The molecule has 0 saturated carbocycles. The number of aromatic nitrogens is 1. The van der Waals surface area contributed by atoms with Gasteiger partial charge in [0, 0.05) is 35.8 Å². The van der Waals surface area contributed by atoms with Crippen LogP contribution in [-0.2, 0) is 23.0 Å². The SMILES string of the molecule is O=C(NCc1ccccc1)c1ccc(S(=O)(=O)NCCc2c[nH]c3ccccc23)cc1. The summed E-state index contributed by atoms with van der Waals surface area (Å²) in [6, 6.07) is 23.4. The molecule has 7 heteroatoms. The molecule has 0 atom stereocenters. The van der Waals surface area contributed by atoms with E-state index >= 15 is 0 Å². The lowest BCUT2D eigenvalue weighted by Crippen LogP contribution is -2.26. The van der Waals surface area contributed by atoms with Crippen molar-refractivity contribution in [1.82, 2.24) is 15.0 Å². The van der Waals surface area contributed by atoms with Gasteiger partial charge in [-0.1, -0.05) is 48.5 Å². The zero-order valence-electron chi connectivity index (χ0n) is 16.8. The number of fused-ring (bicyclic) bond motifs is 1. The summed E-state index contributed by atoms with van der Waals surface area (Å²) in [5.74, 6) is -0.250. The summed E-state index contributed by atoms with van der Waals surface area (Å²) in [7, 11) is -3.66. The molecular weight excluding hydrogens is 410 g/mol. The second kappa shape index (κ2) is 9.16. The maximum atomic E-state index is 12.6. The first-order valence-electron chi connectivity index (χ1n) is 10.00. The molecule has 3 N–H and O–H groups in total. The quantitative estimate of drug-likeness (QED) is 0.396. The Bertz CT molecular complexity index is 1280. The number of amides is 1. The molecule has 0 aliphatic rings. The summed E-state index contributed by atoms with van der Waals surface area (Å²) >= 11 is 0. The van der Waals surface area contributed by atoms with Crippen LogP contribution in [0.4, 0.5) is 0 Å². The Kier molecular flexibility index (Phi) is 6.16. The molecule has 6 nitrogen and oxygen atoms in total. The van der Waals surface area contributed by atoms with E-state index in [1.807, 2.05) is 60.8 Å². The molecule has 3 aromatic carbocycles. The topological polar surface area (TPSA) is 91.1 Å². The van der Waals surface area contributed by atoms with E-state index in [0.29, 0.717) is 18.5 Å². The molecule has 0 radical (unpaired) electrons. The second-order valence-corrected chi connectivity index (χ2v) is 8.97. The summed E-state index contributed by atoms with van der Waals surface area (Å²) in [5.41, 5.74) is 3.49. The molecule has 1 heterocycles. The zero-order valence-corrected chi connectivity index (χ0v) is 17.7. The van der Waals surface area contributed by atoms with Crippen LogP contribution < -0.4 is 10.0 Å². The van der Waals surface area contributed by atoms with Crippen LogP contribution in [0.5, 0.6) is 0 Å². The van der Waals surface area contributed by atoms with Crippen LogP contribution in [0.15, 0.2) is 90.0 Å². The number of hydrogen-bond donors (Lipinski definition) is 3. The van der Waals surface area contributed by atoms with Crippen molar-refractivity contribution in [2.45, 2.75) is 17.9 Å². The number of hydrogen-bond acceptors (Lipinski definition) is 3. The van der Waals surface area contributed by atoms with Gasteiger partial charge in [0.1, 0.15) is 0 Å². The predicted octanol–water partition coefficient (Wildman–Crippen LogP) is 3.62. The summed E-state index contributed by atoms with van der Waals surface area (Å²) in [6.07, 6.45) is 2.48. The fourth-order valence-corrected chi connectivity index (χ4v) is 4.44. The maximum absolute atomic E-state index is 12.6. The van der Waals surface area contributed by atoms with E-state index in [1.165, 1.54) is 24.3 Å².